The second kappa shape index (κ2) is 13.3. The highest BCUT2D eigenvalue weighted by Gasteiger charge is 2.36. The third-order valence-corrected chi connectivity index (χ3v) is 9.41. The molecule has 2 aliphatic carbocycles. The smallest absolute Gasteiger partial charge is 0.306 e. The zero-order valence-corrected chi connectivity index (χ0v) is 25.6. The van der Waals surface area contributed by atoms with Crippen molar-refractivity contribution in [1.29, 1.82) is 0 Å². The van der Waals surface area contributed by atoms with Gasteiger partial charge in [-0.2, -0.15) is 4.98 Å². The Kier molecular flexibility index (Phi) is 9.23. The van der Waals surface area contributed by atoms with E-state index in [4.69, 9.17) is 31.8 Å². The summed E-state index contributed by atoms with van der Waals surface area (Å²) in [7, 11) is 0. The number of carbonyl (C=O) groups is 1. The molecule has 0 spiro atoms. The number of ether oxygens (including phenoxy) is 2. The number of carboxylic acid groups (broad SMARTS) is 1. The minimum Gasteiger partial charge on any atom is -0.489 e. The molecule has 0 amide bonds. The maximum Gasteiger partial charge on any atom is 0.306 e. The number of aryl methyl sites for hydroxylation is 1. The largest absolute Gasteiger partial charge is 0.489 e. The van der Waals surface area contributed by atoms with Crippen LogP contribution in [0.3, 0.4) is 0 Å². The molecule has 11 heteroatoms. The first-order valence-corrected chi connectivity index (χ1v) is 15.8. The van der Waals surface area contributed by atoms with Gasteiger partial charge in [-0.3, -0.25) is 9.69 Å². The zero-order valence-electron chi connectivity index (χ0n) is 24.9. The number of nitrogens with zero attached hydrogens (tertiary/aromatic N) is 4. The molecule has 1 aromatic heterocycles. The summed E-state index contributed by atoms with van der Waals surface area (Å²) in [6.45, 7) is 5.44. The number of aliphatic carboxylic acids is 1. The van der Waals surface area contributed by atoms with Crippen molar-refractivity contribution >= 4 is 29.3 Å². The Balaban J connectivity index is 1.02. The van der Waals surface area contributed by atoms with E-state index in [0.29, 0.717) is 43.9 Å². The first kappa shape index (κ1) is 30.6. The Morgan fingerprint density at radius 1 is 1.05 bits per heavy atom. The van der Waals surface area contributed by atoms with E-state index in [2.05, 4.69) is 26.9 Å². The Morgan fingerprint density at radius 2 is 1.80 bits per heavy atom. The summed E-state index contributed by atoms with van der Waals surface area (Å²) in [6.07, 6.45) is 3.66. The third kappa shape index (κ3) is 7.10. The average Bonchev–Trinajstić information content (AvgIpc) is 3.03. The van der Waals surface area contributed by atoms with Crippen molar-refractivity contribution in [2.75, 3.05) is 56.6 Å². The van der Waals surface area contributed by atoms with Crippen molar-refractivity contribution in [2.24, 2.45) is 5.92 Å². The molecular formula is C33H40ClN5O5. The summed E-state index contributed by atoms with van der Waals surface area (Å²) >= 11 is 6.00. The van der Waals surface area contributed by atoms with Gasteiger partial charge in [0.05, 0.1) is 30.4 Å². The Hall–Kier alpha value is -3.44. The molecule has 2 heterocycles. The fraction of sp³-hybridized carbons (Fsp3) is 0.485. The number of halogens is 1. The standard InChI is InChI=1S/C33H40ClN5O5/c34-25-4-1-22(2-5-25)20-44-26-6-8-27-24(19-26)3-7-28-29(27)36-32(35)37-30(28)39-15-13-38(14-16-39)17-18-43-21-33(42)11-9-23(10-12-33)31(40)41/h1-2,4-6,8,19,23,42H,3,7,9-18,20-21H2,(H,40,41)(H2,35,36,37)/t23-,33+. The Morgan fingerprint density at radius 3 is 2.52 bits per heavy atom. The quantitative estimate of drug-likeness (QED) is 0.283. The van der Waals surface area contributed by atoms with Crippen molar-refractivity contribution in [3.05, 3.63) is 64.2 Å². The molecule has 3 aromatic rings. The number of fused-ring (bicyclic) bond motifs is 3. The molecule has 1 saturated heterocycles. The van der Waals surface area contributed by atoms with Crippen LogP contribution < -0.4 is 15.4 Å². The number of rotatable bonds is 10. The number of nitrogen functional groups attached to an aromatic ring is 1. The van der Waals surface area contributed by atoms with Gasteiger partial charge in [0.1, 0.15) is 18.2 Å². The van der Waals surface area contributed by atoms with Crippen molar-refractivity contribution in [2.45, 2.75) is 50.7 Å². The molecule has 0 atom stereocenters. The molecule has 0 radical (unpaired) electrons. The SMILES string of the molecule is Nc1nc2c(c(N3CCN(CCOC[C@]4(O)CC[C@@H](C(=O)O)CC4)CC3)n1)CCc1cc(OCc3ccc(Cl)cc3)ccc1-2. The summed E-state index contributed by atoms with van der Waals surface area (Å²) in [6, 6.07) is 13.8. The van der Waals surface area contributed by atoms with Crippen molar-refractivity contribution in [3.63, 3.8) is 0 Å². The van der Waals surface area contributed by atoms with Gasteiger partial charge in [-0.05, 0) is 80.0 Å². The van der Waals surface area contributed by atoms with E-state index in [0.717, 1.165) is 79.5 Å². The van der Waals surface area contributed by atoms with Gasteiger partial charge in [0.2, 0.25) is 5.95 Å². The molecule has 2 aromatic carbocycles. The number of nitrogens with two attached hydrogens (primary N) is 1. The highest BCUT2D eigenvalue weighted by Crippen LogP contribution is 2.39. The van der Waals surface area contributed by atoms with E-state index in [1.54, 1.807) is 0 Å². The fourth-order valence-corrected chi connectivity index (χ4v) is 6.62. The number of anilines is 2. The van der Waals surface area contributed by atoms with Crippen LogP contribution in [0.2, 0.25) is 5.02 Å². The lowest BCUT2D eigenvalue weighted by atomic mass is 9.79. The maximum absolute atomic E-state index is 11.2. The summed E-state index contributed by atoms with van der Waals surface area (Å²) in [5.74, 6) is 0.908. The molecule has 10 nitrogen and oxygen atoms in total. The predicted molar refractivity (Wildman–Crippen MR) is 169 cm³/mol. The van der Waals surface area contributed by atoms with Crippen LogP contribution in [0.1, 0.15) is 42.4 Å². The first-order chi connectivity index (χ1) is 21.3. The second-order valence-electron chi connectivity index (χ2n) is 12.2. The molecule has 2 fully saturated rings. The molecular weight excluding hydrogens is 582 g/mol. The van der Waals surface area contributed by atoms with Crippen LogP contribution in [0.4, 0.5) is 11.8 Å². The maximum atomic E-state index is 11.2. The molecule has 0 unspecified atom stereocenters. The minimum absolute atomic E-state index is 0.253. The Bertz CT molecular complexity index is 1470. The van der Waals surface area contributed by atoms with E-state index >= 15 is 0 Å². The number of piperazine rings is 1. The number of aromatic nitrogens is 2. The van der Waals surface area contributed by atoms with Crippen LogP contribution in [0, 0.1) is 5.92 Å². The number of hydrogen-bond acceptors (Lipinski definition) is 9. The first-order valence-electron chi connectivity index (χ1n) is 15.4. The normalized spacial score (nSPS) is 21.9. The van der Waals surface area contributed by atoms with E-state index in [9.17, 15) is 15.0 Å². The summed E-state index contributed by atoms with van der Waals surface area (Å²) < 4.78 is 11.9. The number of hydrogen-bond donors (Lipinski definition) is 3. The highest BCUT2D eigenvalue weighted by atomic mass is 35.5. The fourth-order valence-electron chi connectivity index (χ4n) is 6.49. The van der Waals surface area contributed by atoms with Gasteiger partial charge in [0.15, 0.2) is 0 Å². The van der Waals surface area contributed by atoms with Crippen molar-refractivity contribution in [1.82, 2.24) is 14.9 Å². The van der Waals surface area contributed by atoms with Gasteiger partial charge in [-0.25, -0.2) is 4.98 Å². The van der Waals surface area contributed by atoms with Crippen LogP contribution in [0.25, 0.3) is 11.3 Å². The van der Waals surface area contributed by atoms with Crippen LogP contribution in [-0.2, 0) is 29.0 Å². The Labute approximate surface area is 262 Å². The molecule has 1 saturated carbocycles. The highest BCUT2D eigenvalue weighted by molar-refractivity contribution is 6.30. The van der Waals surface area contributed by atoms with Crippen LogP contribution in [0.5, 0.6) is 5.75 Å². The van der Waals surface area contributed by atoms with Crippen molar-refractivity contribution < 1.29 is 24.5 Å². The molecule has 4 N–H and O–H groups in total. The van der Waals surface area contributed by atoms with E-state index in [-0.39, 0.29) is 18.5 Å². The molecule has 234 valence electrons. The van der Waals surface area contributed by atoms with Gasteiger partial charge in [-0.15, -0.1) is 0 Å². The minimum atomic E-state index is -0.915. The van der Waals surface area contributed by atoms with Crippen molar-refractivity contribution in [3.8, 4) is 17.0 Å². The van der Waals surface area contributed by atoms with Gasteiger partial charge >= 0.3 is 5.97 Å². The van der Waals surface area contributed by atoms with E-state index in [1.165, 1.54) is 5.56 Å². The summed E-state index contributed by atoms with van der Waals surface area (Å²) in [5, 5.41) is 20.7. The molecule has 0 bridgehead atoms. The molecule has 1 aliphatic heterocycles. The number of carboxylic acids is 1. The van der Waals surface area contributed by atoms with Crippen LogP contribution in [0.15, 0.2) is 42.5 Å². The van der Waals surface area contributed by atoms with Crippen LogP contribution >= 0.6 is 11.6 Å². The lowest BCUT2D eigenvalue weighted by Gasteiger charge is -2.37. The average molecular weight is 622 g/mol. The van der Waals surface area contributed by atoms with E-state index in [1.807, 2.05) is 30.3 Å². The molecule has 44 heavy (non-hydrogen) atoms. The van der Waals surface area contributed by atoms with Gasteiger partial charge < -0.3 is 30.3 Å². The lowest BCUT2D eigenvalue weighted by Crippen LogP contribution is -2.48. The van der Waals surface area contributed by atoms with Gasteiger partial charge in [0, 0.05) is 48.9 Å². The molecule has 6 rings (SSSR count). The second-order valence-corrected chi connectivity index (χ2v) is 12.6. The topological polar surface area (TPSA) is 134 Å². The van der Waals surface area contributed by atoms with E-state index < -0.39 is 11.6 Å². The summed E-state index contributed by atoms with van der Waals surface area (Å²) in [5.41, 5.74) is 10.7. The molecule has 3 aliphatic rings. The summed E-state index contributed by atoms with van der Waals surface area (Å²) in [4.78, 5) is 25.2. The zero-order chi connectivity index (χ0) is 30.7. The number of aliphatic hydroxyl groups is 1. The predicted octanol–water partition coefficient (Wildman–Crippen LogP) is 4.20. The lowest BCUT2D eigenvalue weighted by molar-refractivity contribution is -0.146. The third-order valence-electron chi connectivity index (χ3n) is 9.16. The van der Waals surface area contributed by atoms with Gasteiger partial charge in [-0.1, -0.05) is 23.7 Å². The van der Waals surface area contributed by atoms with Crippen LogP contribution in [-0.4, -0.2) is 82.6 Å². The monoisotopic (exact) mass is 621 g/mol. The van der Waals surface area contributed by atoms with Gasteiger partial charge in [0.25, 0.3) is 0 Å². The number of benzene rings is 2.